The van der Waals surface area contributed by atoms with E-state index in [4.69, 9.17) is 5.11 Å². The Morgan fingerprint density at radius 1 is 1.40 bits per heavy atom. The van der Waals surface area contributed by atoms with Gasteiger partial charge in [-0.1, -0.05) is 12.5 Å². The third-order valence-corrected chi connectivity index (χ3v) is 3.89. The van der Waals surface area contributed by atoms with Gasteiger partial charge in [-0.3, -0.25) is 9.78 Å². The standard InChI is InChI=1S/C14H19N3O3/c1-10-4-2-7-15-11(10)8-16-13(20)17-9-14(12(18)19)5-3-6-14/h2,4,7H,3,5-6,8-9H2,1H3,(H,18,19)(H2,16,17,20). The molecule has 0 saturated heterocycles. The summed E-state index contributed by atoms with van der Waals surface area (Å²) in [4.78, 5) is 27.0. The van der Waals surface area contributed by atoms with Crippen LogP contribution in [-0.2, 0) is 11.3 Å². The predicted octanol–water partition coefficient (Wildman–Crippen LogP) is 1.44. The fraction of sp³-hybridized carbons (Fsp3) is 0.500. The van der Waals surface area contributed by atoms with E-state index < -0.39 is 11.4 Å². The fourth-order valence-corrected chi connectivity index (χ4v) is 2.25. The van der Waals surface area contributed by atoms with Crippen LogP contribution in [-0.4, -0.2) is 28.6 Å². The van der Waals surface area contributed by atoms with Crippen LogP contribution in [0.4, 0.5) is 4.79 Å². The lowest BCUT2D eigenvalue weighted by Gasteiger charge is -2.37. The average Bonchev–Trinajstić information content (AvgIpc) is 2.36. The van der Waals surface area contributed by atoms with Crippen molar-refractivity contribution in [1.82, 2.24) is 15.6 Å². The van der Waals surface area contributed by atoms with Gasteiger partial charge in [-0.2, -0.15) is 0 Å². The number of carbonyl (C=O) groups excluding carboxylic acids is 1. The van der Waals surface area contributed by atoms with E-state index in [-0.39, 0.29) is 12.6 Å². The lowest BCUT2D eigenvalue weighted by Crippen LogP contribution is -2.49. The van der Waals surface area contributed by atoms with Crippen LogP contribution in [0.25, 0.3) is 0 Å². The molecule has 20 heavy (non-hydrogen) atoms. The summed E-state index contributed by atoms with van der Waals surface area (Å²) in [5.74, 6) is -0.829. The number of hydrogen-bond acceptors (Lipinski definition) is 3. The molecule has 1 aliphatic carbocycles. The van der Waals surface area contributed by atoms with Gasteiger partial charge in [0.05, 0.1) is 17.7 Å². The number of carbonyl (C=O) groups is 2. The monoisotopic (exact) mass is 277 g/mol. The zero-order valence-corrected chi connectivity index (χ0v) is 11.5. The van der Waals surface area contributed by atoms with Crippen molar-refractivity contribution in [3.63, 3.8) is 0 Å². The maximum atomic E-state index is 11.7. The van der Waals surface area contributed by atoms with Gasteiger partial charge in [-0.05, 0) is 31.4 Å². The highest BCUT2D eigenvalue weighted by Crippen LogP contribution is 2.40. The molecule has 1 aliphatic rings. The van der Waals surface area contributed by atoms with Gasteiger partial charge in [0.1, 0.15) is 0 Å². The Kier molecular flexibility index (Phi) is 4.22. The SMILES string of the molecule is Cc1cccnc1CNC(=O)NCC1(C(=O)O)CCC1. The summed E-state index contributed by atoms with van der Waals surface area (Å²) in [5.41, 5.74) is 1.05. The molecule has 1 fully saturated rings. The van der Waals surface area contributed by atoms with Crippen molar-refractivity contribution in [2.24, 2.45) is 5.41 Å². The Bertz CT molecular complexity index is 512. The molecule has 6 heteroatoms. The van der Waals surface area contributed by atoms with Gasteiger partial charge in [0, 0.05) is 12.7 Å². The van der Waals surface area contributed by atoms with Crippen LogP contribution >= 0.6 is 0 Å². The molecule has 0 aromatic carbocycles. The highest BCUT2D eigenvalue weighted by atomic mass is 16.4. The van der Waals surface area contributed by atoms with E-state index in [1.165, 1.54) is 0 Å². The second kappa shape index (κ2) is 5.90. The van der Waals surface area contributed by atoms with Gasteiger partial charge in [-0.15, -0.1) is 0 Å². The number of pyridine rings is 1. The smallest absolute Gasteiger partial charge is 0.315 e. The van der Waals surface area contributed by atoms with E-state index in [0.29, 0.717) is 19.4 Å². The van der Waals surface area contributed by atoms with Crippen molar-refractivity contribution in [1.29, 1.82) is 0 Å². The first-order valence-electron chi connectivity index (χ1n) is 6.69. The van der Waals surface area contributed by atoms with Crippen LogP contribution in [0.3, 0.4) is 0 Å². The predicted molar refractivity (Wildman–Crippen MR) is 73.1 cm³/mol. The quantitative estimate of drug-likeness (QED) is 0.759. The van der Waals surface area contributed by atoms with Crippen molar-refractivity contribution in [3.05, 3.63) is 29.6 Å². The zero-order chi connectivity index (χ0) is 14.6. The summed E-state index contributed by atoms with van der Waals surface area (Å²) < 4.78 is 0. The molecule has 2 amide bonds. The maximum Gasteiger partial charge on any atom is 0.315 e. The molecule has 0 unspecified atom stereocenters. The Balaban J connectivity index is 1.79. The normalized spacial score (nSPS) is 16.1. The van der Waals surface area contributed by atoms with E-state index >= 15 is 0 Å². The number of carboxylic acid groups (broad SMARTS) is 1. The summed E-state index contributed by atoms with van der Waals surface area (Å²) in [6, 6.07) is 3.41. The number of rotatable bonds is 5. The Hall–Kier alpha value is -2.11. The molecule has 0 spiro atoms. The molecule has 1 aromatic rings. The van der Waals surface area contributed by atoms with E-state index in [0.717, 1.165) is 17.7 Å². The van der Waals surface area contributed by atoms with Crippen molar-refractivity contribution in [2.75, 3.05) is 6.54 Å². The van der Waals surface area contributed by atoms with Crippen LogP contribution in [0, 0.1) is 12.3 Å². The number of urea groups is 1. The number of hydrogen-bond donors (Lipinski definition) is 3. The molecule has 0 radical (unpaired) electrons. The molecule has 3 N–H and O–H groups in total. The summed E-state index contributed by atoms with van der Waals surface area (Å²) in [6.07, 6.45) is 3.84. The van der Waals surface area contributed by atoms with Gasteiger partial charge >= 0.3 is 12.0 Å². The van der Waals surface area contributed by atoms with Crippen molar-refractivity contribution < 1.29 is 14.7 Å². The maximum absolute atomic E-state index is 11.7. The van der Waals surface area contributed by atoms with E-state index in [2.05, 4.69) is 15.6 Å². The van der Waals surface area contributed by atoms with Crippen LogP contribution in [0.1, 0.15) is 30.5 Å². The number of carboxylic acids is 1. The van der Waals surface area contributed by atoms with E-state index in [9.17, 15) is 9.59 Å². The number of aromatic nitrogens is 1. The number of amides is 2. The number of aryl methyl sites for hydroxylation is 1. The molecule has 0 aliphatic heterocycles. The highest BCUT2D eigenvalue weighted by molar-refractivity contribution is 5.78. The van der Waals surface area contributed by atoms with Crippen LogP contribution in [0.5, 0.6) is 0 Å². The third-order valence-electron chi connectivity index (χ3n) is 3.89. The fourth-order valence-electron chi connectivity index (χ4n) is 2.25. The second-order valence-corrected chi connectivity index (χ2v) is 5.24. The van der Waals surface area contributed by atoms with Crippen molar-refractivity contribution >= 4 is 12.0 Å². The molecule has 0 bridgehead atoms. The average molecular weight is 277 g/mol. The van der Waals surface area contributed by atoms with E-state index in [1.54, 1.807) is 6.20 Å². The number of aliphatic carboxylic acids is 1. The first kappa shape index (κ1) is 14.3. The second-order valence-electron chi connectivity index (χ2n) is 5.24. The van der Waals surface area contributed by atoms with Crippen LogP contribution < -0.4 is 10.6 Å². The Morgan fingerprint density at radius 3 is 2.70 bits per heavy atom. The van der Waals surface area contributed by atoms with Gasteiger partial charge < -0.3 is 15.7 Å². The Labute approximate surface area is 117 Å². The first-order chi connectivity index (χ1) is 9.53. The number of nitrogens with one attached hydrogen (secondary N) is 2. The van der Waals surface area contributed by atoms with Crippen LogP contribution in [0.2, 0.25) is 0 Å². The molecule has 0 atom stereocenters. The van der Waals surface area contributed by atoms with Gasteiger partial charge in [-0.25, -0.2) is 4.79 Å². The summed E-state index contributed by atoms with van der Waals surface area (Å²) in [7, 11) is 0. The lowest BCUT2D eigenvalue weighted by atomic mass is 9.69. The largest absolute Gasteiger partial charge is 0.481 e. The molecular formula is C14H19N3O3. The van der Waals surface area contributed by atoms with Crippen molar-refractivity contribution in [2.45, 2.75) is 32.7 Å². The van der Waals surface area contributed by atoms with E-state index in [1.807, 2.05) is 19.1 Å². The lowest BCUT2D eigenvalue weighted by molar-refractivity contribution is -0.153. The minimum absolute atomic E-state index is 0.176. The topological polar surface area (TPSA) is 91.3 Å². The molecule has 1 saturated carbocycles. The third kappa shape index (κ3) is 3.07. The molecule has 108 valence electrons. The summed E-state index contributed by atoms with van der Waals surface area (Å²) in [5, 5.41) is 14.5. The summed E-state index contributed by atoms with van der Waals surface area (Å²) in [6.45, 7) is 2.43. The van der Waals surface area contributed by atoms with Crippen LogP contribution in [0.15, 0.2) is 18.3 Å². The molecule has 1 aromatic heterocycles. The first-order valence-corrected chi connectivity index (χ1v) is 6.69. The molecule has 2 rings (SSSR count). The van der Waals surface area contributed by atoms with Gasteiger partial charge in [0.25, 0.3) is 0 Å². The van der Waals surface area contributed by atoms with Gasteiger partial charge in [0.15, 0.2) is 0 Å². The summed E-state index contributed by atoms with van der Waals surface area (Å²) >= 11 is 0. The van der Waals surface area contributed by atoms with Crippen molar-refractivity contribution in [3.8, 4) is 0 Å². The number of nitrogens with zero attached hydrogens (tertiary/aromatic N) is 1. The minimum atomic E-state index is -0.829. The zero-order valence-electron chi connectivity index (χ0n) is 11.5. The molecular weight excluding hydrogens is 258 g/mol. The minimum Gasteiger partial charge on any atom is -0.481 e. The van der Waals surface area contributed by atoms with Gasteiger partial charge in [0.2, 0.25) is 0 Å². The Morgan fingerprint density at radius 2 is 2.15 bits per heavy atom. The highest BCUT2D eigenvalue weighted by Gasteiger charge is 2.44. The molecule has 6 nitrogen and oxygen atoms in total. The molecule has 1 heterocycles.